The molecule has 0 bridgehead atoms. The first-order valence-electron chi connectivity index (χ1n) is 6.96. The molecule has 1 aromatic carbocycles. The van der Waals surface area contributed by atoms with Crippen LogP contribution in [0, 0.1) is 10.1 Å². The summed E-state index contributed by atoms with van der Waals surface area (Å²) in [4.78, 5) is 14.8. The van der Waals surface area contributed by atoms with Gasteiger partial charge in [-0.1, -0.05) is 31.3 Å². The highest BCUT2D eigenvalue weighted by Crippen LogP contribution is 2.19. The highest BCUT2D eigenvalue weighted by atomic mass is 32.1. The minimum atomic E-state index is -0.377. The van der Waals surface area contributed by atoms with Gasteiger partial charge in [-0.3, -0.25) is 15.0 Å². The lowest BCUT2D eigenvalue weighted by Crippen LogP contribution is -2.54. The molecule has 0 aliphatic carbocycles. The van der Waals surface area contributed by atoms with E-state index in [-0.39, 0.29) is 16.7 Å². The van der Waals surface area contributed by atoms with Gasteiger partial charge in [-0.05, 0) is 18.5 Å². The molecule has 0 amide bonds. The van der Waals surface area contributed by atoms with Crippen molar-refractivity contribution >= 4 is 34.9 Å². The van der Waals surface area contributed by atoms with Crippen molar-refractivity contribution in [1.29, 1.82) is 0 Å². The fourth-order valence-electron chi connectivity index (χ4n) is 2.66. The first kappa shape index (κ1) is 16.2. The number of nitro benzene ring substituents is 1. The topological polar surface area (TPSA) is 49.6 Å². The molecular weight excluding hydrogens is 306 g/mol. The predicted molar refractivity (Wildman–Crippen MR) is 91.0 cm³/mol. The number of nitrogens with zero attached hydrogens (tertiary/aromatic N) is 3. The third-order valence-corrected chi connectivity index (χ3v) is 4.37. The van der Waals surface area contributed by atoms with Crippen molar-refractivity contribution in [3.8, 4) is 0 Å². The standard InChI is InChI=1S/C14H19N3O2S2/c1-2-15-7-8-16(14(20)21)13(10-15)9-11-3-5-12(6-4-11)17(18)19/h3-6,13H,2,7-10H2,1H3,(H,20,21). The molecule has 0 saturated carbocycles. The number of piperazine rings is 1. The summed E-state index contributed by atoms with van der Waals surface area (Å²) in [5, 5.41) is 10.7. The average Bonchev–Trinajstić information content (AvgIpc) is 2.47. The summed E-state index contributed by atoms with van der Waals surface area (Å²) in [5.41, 5.74) is 1.21. The highest BCUT2D eigenvalue weighted by Gasteiger charge is 2.27. The zero-order valence-electron chi connectivity index (χ0n) is 11.9. The van der Waals surface area contributed by atoms with Gasteiger partial charge in [0.05, 0.1) is 4.92 Å². The maximum Gasteiger partial charge on any atom is 0.269 e. The SMILES string of the molecule is CCN1CCN(C(=S)S)C(Cc2ccc([N+](=O)[O-])cc2)C1. The zero-order valence-corrected chi connectivity index (χ0v) is 13.6. The molecule has 0 spiro atoms. The van der Waals surface area contributed by atoms with Gasteiger partial charge in [0.2, 0.25) is 0 Å². The summed E-state index contributed by atoms with van der Waals surface area (Å²) < 4.78 is 0.623. The van der Waals surface area contributed by atoms with Crippen molar-refractivity contribution in [2.75, 3.05) is 26.2 Å². The van der Waals surface area contributed by atoms with Crippen molar-refractivity contribution in [2.45, 2.75) is 19.4 Å². The quantitative estimate of drug-likeness (QED) is 0.399. The molecule has 0 radical (unpaired) electrons. The van der Waals surface area contributed by atoms with Gasteiger partial charge in [0.15, 0.2) is 0 Å². The lowest BCUT2D eigenvalue weighted by Gasteiger charge is -2.41. The fourth-order valence-corrected chi connectivity index (χ4v) is 3.16. The Morgan fingerprint density at radius 3 is 2.62 bits per heavy atom. The van der Waals surface area contributed by atoms with Gasteiger partial charge < -0.3 is 4.90 Å². The Morgan fingerprint density at radius 1 is 1.43 bits per heavy atom. The molecule has 0 N–H and O–H groups in total. The molecule has 1 fully saturated rings. The lowest BCUT2D eigenvalue weighted by atomic mass is 10.0. The van der Waals surface area contributed by atoms with Crippen LogP contribution >= 0.6 is 24.8 Å². The number of likely N-dealkylation sites (N-methyl/N-ethyl adjacent to an activating group) is 1. The summed E-state index contributed by atoms with van der Waals surface area (Å²) in [6.07, 6.45) is 0.815. The number of nitro groups is 1. The van der Waals surface area contributed by atoms with Gasteiger partial charge >= 0.3 is 0 Å². The number of hydrogen-bond acceptors (Lipinski definition) is 4. The molecule has 1 aliphatic rings. The summed E-state index contributed by atoms with van der Waals surface area (Å²) in [7, 11) is 0. The second-order valence-electron chi connectivity index (χ2n) is 5.15. The van der Waals surface area contributed by atoms with E-state index in [9.17, 15) is 10.1 Å². The van der Waals surface area contributed by atoms with Gasteiger partial charge in [0.1, 0.15) is 4.32 Å². The average molecular weight is 325 g/mol. The fraction of sp³-hybridized carbons (Fsp3) is 0.500. The van der Waals surface area contributed by atoms with E-state index in [1.165, 1.54) is 0 Å². The van der Waals surface area contributed by atoms with E-state index in [0.717, 1.165) is 38.2 Å². The minimum absolute atomic E-state index is 0.124. The summed E-state index contributed by atoms with van der Waals surface area (Å²) in [6, 6.07) is 7.02. The molecule has 114 valence electrons. The number of hydrogen-bond donors (Lipinski definition) is 1. The summed E-state index contributed by atoms with van der Waals surface area (Å²) >= 11 is 9.54. The number of benzene rings is 1. The van der Waals surface area contributed by atoms with Gasteiger partial charge in [0, 0.05) is 37.8 Å². The largest absolute Gasteiger partial charge is 0.352 e. The molecule has 0 aromatic heterocycles. The predicted octanol–water partition coefficient (Wildman–Crippen LogP) is 2.36. The molecule has 5 nitrogen and oxygen atoms in total. The minimum Gasteiger partial charge on any atom is -0.352 e. The van der Waals surface area contributed by atoms with Crippen LogP contribution in [0.1, 0.15) is 12.5 Å². The first-order chi connectivity index (χ1) is 10.0. The molecule has 1 unspecified atom stereocenters. The molecule has 1 heterocycles. The smallest absolute Gasteiger partial charge is 0.269 e. The van der Waals surface area contributed by atoms with Crippen molar-refractivity contribution in [1.82, 2.24) is 9.80 Å². The number of thiol groups is 1. The van der Waals surface area contributed by atoms with Crippen molar-refractivity contribution in [2.24, 2.45) is 0 Å². The van der Waals surface area contributed by atoms with Gasteiger partial charge in [-0.25, -0.2) is 0 Å². The van der Waals surface area contributed by atoms with Crippen LogP contribution in [0.2, 0.25) is 0 Å². The molecule has 1 aliphatic heterocycles. The Balaban J connectivity index is 2.09. The number of non-ortho nitro benzene ring substituents is 1. The Kier molecular flexibility index (Phi) is 5.55. The van der Waals surface area contributed by atoms with E-state index >= 15 is 0 Å². The van der Waals surface area contributed by atoms with E-state index in [4.69, 9.17) is 12.2 Å². The molecule has 21 heavy (non-hydrogen) atoms. The zero-order chi connectivity index (χ0) is 15.4. The maximum atomic E-state index is 10.7. The van der Waals surface area contributed by atoms with Crippen LogP contribution in [0.4, 0.5) is 5.69 Å². The van der Waals surface area contributed by atoms with E-state index in [1.54, 1.807) is 12.1 Å². The Labute approximate surface area is 135 Å². The maximum absolute atomic E-state index is 10.7. The number of rotatable bonds is 4. The van der Waals surface area contributed by atoms with Gasteiger partial charge in [-0.2, -0.15) is 0 Å². The van der Waals surface area contributed by atoms with Gasteiger partial charge in [0.25, 0.3) is 5.69 Å². The highest BCUT2D eigenvalue weighted by molar-refractivity contribution is 8.10. The third-order valence-electron chi connectivity index (χ3n) is 3.88. The Bertz CT molecular complexity index is 521. The Morgan fingerprint density at radius 2 is 2.10 bits per heavy atom. The molecular formula is C14H19N3O2S2. The van der Waals surface area contributed by atoms with E-state index in [1.807, 2.05) is 12.1 Å². The van der Waals surface area contributed by atoms with Crippen LogP contribution < -0.4 is 0 Å². The summed E-state index contributed by atoms with van der Waals surface area (Å²) in [6.45, 7) is 5.98. The monoisotopic (exact) mass is 325 g/mol. The van der Waals surface area contributed by atoms with Crippen LogP contribution in [0.15, 0.2) is 24.3 Å². The molecule has 1 atom stereocenters. The van der Waals surface area contributed by atoms with Crippen molar-refractivity contribution in [3.05, 3.63) is 39.9 Å². The Hall–Kier alpha value is -1.18. The van der Waals surface area contributed by atoms with Crippen molar-refractivity contribution < 1.29 is 4.92 Å². The molecule has 7 heteroatoms. The van der Waals surface area contributed by atoms with Crippen LogP contribution in [-0.4, -0.2) is 51.3 Å². The number of thiocarbonyl (C=S) groups is 1. The second-order valence-corrected chi connectivity index (χ2v) is 6.26. The first-order valence-corrected chi connectivity index (χ1v) is 7.82. The molecule has 1 aromatic rings. The molecule has 2 rings (SSSR count). The van der Waals surface area contributed by atoms with E-state index in [2.05, 4.69) is 29.4 Å². The van der Waals surface area contributed by atoms with Crippen LogP contribution in [0.3, 0.4) is 0 Å². The second kappa shape index (κ2) is 7.20. The van der Waals surface area contributed by atoms with Crippen LogP contribution in [0.5, 0.6) is 0 Å². The van der Waals surface area contributed by atoms with E-state index < -0.39 is 0 Å². The summed E-state index contributed by atoms with van der Waals surface area (Å²) in [5.74, 6) is 0. The lowest BCUT2D eigenvalue weighted by molar-refractivity contribution is -0.384. The van der Waals surface area contributed by atoms with E-state index in [0.29, 0.717) is 4.32 Å². The van der Waals surface area contributed by atoms with Crippen LogP contribution in [-0.2, 0) is 6.42 Å². The molecule has 1 saturated heterocycles. The van der Waals surface area contributed by atoms with Gasteiger partial charge in [-0.15, -0.1) is 12.6 Å². The van der Waals surface area contributed by atoms with Crippen molar-refractivity contribution in [3.63, 3.8) is 0 Å². The van der Waals surface area contributed by atoms with Crippen LogP contribution in [0.25, 0.3) is 0 Å². The normalized spacial score (nSPS) is 19.5. The third kappa shape index (κ3) is 4.15.